The van der Waals surface area contributed by atoms with Gasteiger partial charge >= 0.3 is 0 Å². The third kappa shape index (κ3) is 1.74. The summed E-state index contributed by atoms with van der Waals surface area (Å²) in [4.78, 5) is 4.36. The van der Waals surface area contributed by atoms with Crippen molar-refractivity contribution in [2.24, 2.45) is 0 Å². The highest BCUT2D eigenvalue weighted by Crippen LogP contribution is 2.42. The first-order valence-corrected chi connectivity index (χ1v) is 5.94. The van der Waals surface area contributed by atoms with Crippen LogP contribution in [0, 0.1) is 0 Å². The third-order valence-corrected chi connectivity index (χ3v) is 2.87. The molecule has 4 rings (SSSR count). The minimum absolute atomic E-state index is 0.493. The summed E-state index contributed by atoms with van der Waals surface area (Å²) in [5.74, 6) is 1.74. The number of ether oxygens (including phenoxy) is 1. The SMILES string of the molecule is C(=C1/[N-]c2ccccc2O1)/c1nc2ccccc2o1. The molecule has 0 saturated heterocycles. The average molecular weight is 249 g/mol. The van der Waals surface area contributed by atoms with Gasteiger partial charge in [0.2, 0.25) is 5.89 Å². The Hall–Kier alpha value is -2.75. The number of para-hydroxylation sites is 4. The van der Waals surface area contributed by atoms with Gasteiger partial charge in [0, 0.05) is 12.0 Å². The predicted octanol–water partition coefficient (Wildman–Crippen LogP) is 4.22. The summed E-state index contributed by atoms with van der Waals surface area (Å²) in [6.45, 7) is 0. The molecule has 1 aliphatic heterocycles. The van der Waals surface area contributed by atoms with Gasteiger partial charge in [0.1, 0.15) is 11.3 Å². The Bertz CT molecular complexity index is 729. The number of fused-ring (bicyclic) bond motifs is 2. The molecule has 0 fully saturated rings. The maximum atomic E-state index is 5.60. The number of hydrogen-bond acceptors (Lipinski definition) is 3. The molecule has 0 atom stereocenters. The van der Waals surface area contributed by atoms with E-state index in [1.807, 2.05) is 48.5 Å². The fourth-order valence-electron chi connectivity index (χ4n) is 2.01. The summed E-state index contributed by atoms with van der Waals surface area (Å²) in [6, 6.07) is 15.2. The molecule has 1 aliphatic rings. The van der Waals surface area contributed by atoms with E-state index in [9.17, 15) is 0 Å². The topological polar surface area (TPSA) is 49.4 Å². The normalized spacial score (nSPS) is 15.3. The Labute approximate surface area is 109 Å². The second-order valence-electron chi connectivity index (χ2n) is 4.18. The lowest BCUT2D eigenvalue weighted by Gasteiger charge is -2.10. The van der Waals surface area contributed by atoms with Crippen molar-refractivity contribution in [1.82, 2.24) is 4.98 Å². The van der Waals surface area contributed by atoms with Gasteiger partial charge < -0.3 is 14.5 Å². The highest BCUT2D eigenvalue weighted by molar-refractivity contribution is 5.76. The van der Waals surface area contributed by atoms with Crippen molar-refractivity contribution in [3.8, 4) is 5.75 Å². The molecule has 4 nitrogen and oxygen atoms in total. The van der Waals surface area contributed by atoms with Crippen molar-refractivity contribution >= 4 is 22.9 Å². The van der Waals surface area contributed by atoms with E-state index in [4.69, 9.17) is 9.15 Å². The van der Waals surface area contributed by atoms with Crippen LogP contribution in [0.4, 0.5) is 5.69 Å². The second kappa shape index (κ2) is 3.88. The molecule has 0 N–H and O–H groups in total. The molecule has 0 aliphatic carbocycles. The van der Waals surface area contributed by atoms with E-state index >= 15 is 0 Å². The van der Waals surface area contributed by atoms with Gasteiger partial charge in [0.05, 0.1) is 0 Å². The van der Waals surface area contributed by atoms with E-state index in [2.05, 4.69) is 10.3 Å². The summed E-state index contributed by atoms with van der Waals surface area (Å²) in [5, 5.41) is 4.36. The minimum atomic E-state index is 0.493. The number of rotatable bonds is 1. The van der Waals surface area contributed by atoms with Crippen molar-refractivity contribution in [1.29, 1.82) is 0 Å². The molecule has 4 heteroatoms. The number of oxazole rings is 1. The van der Waals surface area contributed by atoms with Gasteiger partial charge in [-0.2, -0.15) is 0 Å². The molecule has 0 spiro atoms. The first-order chi connectivity index (χ1) is 9.38. The monoisotopic (exact) mass is 249 g/mol. The Kier molecular flexibility index (Phi) is 2.08. The van der Waals surface area contributed by atoms with E-state index in [1.54, 1.807) is 6.08 Å². The fourth-order valence-corrected chi connectivity index (χ4v) is 2.01. The molecule has 0 amide bonds. The molecule has 0 radical (unpaired) electrons. The Morgan fingerprint density at radius 2 is 1.84 bits per heavy atom. The zero-order valence-electron chi connectivity index (χ0n) is 9.91. The van der Waals surface area contributed by atoms with Crippen LogP contribution < -0.4 is 4.74 Å². The lowest BCUT2D eigenvalue weighted by atomic mass is 10.3. The first kappa shape index (κ1) is 10.2. The van der Waals surface area contributed by atoms with Crippen LogP contribution in [0.5, 0.6) is 5.75 Å². The van der Waals surface area contributed by atoms with Crippen molar-refractivity contribution in [3.05, 3.63) is 65.6 Å². The Morgan fingerprint density at radius 1 is 1.00 bits per heavy atom. The van der Waals surface area contributed by atoms with E-state index in [1.165, 1.54) is 0 Å². The van der Waals surface area contributed by atoms with Crippen LogP contribution in [0.2, 0.25) is 0 Å². The number of hydrogen-bond donors (Lipinski definition) is 0. The van der Waals surface area contributed by atoms with Crippen LogP contribution in [0.15, 0.2) is 58.8 Å². The molecule has 19 heavy (non-hydrogen) atoms. The largest absolute Gasteiger partial charge is 0.624 e. The van der Waals surface area contributed by atoms with E-state index in [0.29, 0.717) is 11.8 Å². The summed E-state index contributed by atoms with van der Waals surface area (Å²) in [5.41, 5.74) is 2.40. The summed E-state index contributed by atoms with van der Waals surface area (Å²) in [7, 11) is 0. The highest BCUT2D eigenvalue weighted by Gasteiger charge is 2.07. The van der Waals surface area contributed by atoms with Gasteiger partial charge in [-0.25, -0.2) is 4.98 Å². The van der Waals surface area contributed by atoms with E-state index in [-0.39, 0.29) is 0 Å². The molecule has 1 aromatic heterocycles. The zero-order valence-corrected chi connectivity index (χ0v) is 9.91. The van der Waals surface area contributed by atoms with E-state index < -0.39 is 0 Å². The molecule has 0 bridgehead atoms. The van der Waals surface area contributed by atoms with Gasteiger partial charge in [-0.1, -0.05) is 36.0 Å². The lowest BCUT2D eigenvalue weighted by Crippen LogP contribution is -1.84. The second-order valence-corrected chi connectivity index (χ2v) is 4.18. The van der Waals surface area contributed by atoms with Crippen LogP contribution in [-0.2, 0) is 0 Å². The van der Waals surface area contributed by atoms with E-state index in [0.717, 1.165) is 22.5 Å². The minimum Gasteiger partial charge on any atom is -0.624 e. The maximum absolute atomic E-state index is 5.60. The van der Waals surface area contributed by atoms with Crippen molar-refractivity contribution in [2.45, 2.75) is 0 Å². The predicted molar refractivity (Wildman–Crippen MR) is 72.1 cm³/mol. The first-order valence-electron chi connectivity index (χ1n) is 5.94. The third-order valence-electron chi connectivity index (χ3n) is 2.87. The van der Waals surface area contributed by atoms with Crippen molar-refractivity contribution < 1.29 is 9.15 Å². The molecule has 0 saturated carbocycles. The summed E-state index contributed by atoms with van der Waals surface area (Å²) < 4.78 is 11.2. The number of nitrogens with zero attached hydrogens (tertiary/aromatic N) is 2. The van der Waals surface area contributed by atoms with Gasteiger partial charge in [0.25, 0.3) is 0 Å². The molecule has 92 valence electrons. The van der Waals surface area contributed by atoms with Gasteiger partial charge in [0.15, 0.2) is 5.58 Å². The number of benzene rings is 2. The van der Waals surface area contributed by atoms with Crippen molar-refractivity contribution in [3.63, 3.8) is 0 Å². The molecule has 3 aromatic rings. The van der Waals surface area contributed by atoms with Crippen LogP contribution in [0.1, 0.15) is 5.89 Å². The quantitative estimate of drug-likeness (QED) is 0.648. The summed E-state index contributed by atoms with van der Waals surface area (Å²) >= 11 is 0. The maximum Gasteiger partial charge on any atom is 0.221 e. The molecule has 0 unspecified atom stereocenters. The summed E-state index contributed by atoms with van der Waals surface area (Å²) in [6.07, 6.45) is 1.69. The molecular weight excluding hydrogens is 240 g/mol. The molecule has 2 heterocycles. The molecule has 2 aromatic carbocycles. The van der Waals surface area contributed by atoms with Crippen LogP contribution in [0.3, 0.4) is 0 Å². The fraction of sp³-hybridized carbons (Fsp3) is 0. The van der Waals surface area contributed by atoms with Crippen LogP contribution in [-0.4, -0.2) is 4.98 Å². The van der Waals surface area contributed by atoms with Gasteiger partial charge in [-0.15, -0.1) is 0 Å². The van der Waals surface area contributed by atoms with Crippen molar-refractivity contribution in [2.75, 3.05) is 0 Å². The highest BCUT2D eigenvalue weighted by atomic mass is 16.5. The lowest BCUT2D eigenvalue weighted by molar-refractivity contribution is 0.464. The zero-order chi connectivity index (χ0) is 12.7. The smallest absolute Gasteiger partial charge is 0.221 e. The standard InChI is InChI=1S/C15H9N2O2/c1-3-7-12-10(5-1)16-14(18-12)9-15-17-11-6-2-4-8-13(11)19-15/h1-9H/q-1/b14-9+. The Morgan fingerprint density at radius 3 is 2.74 bits per heavy atom. The van der Waals surface area contributed by atoms with Gasteiger partial charge in [-0.3, -0.25) is 0 Å². The average Bonchev–Trinajstić information content (AvgIpc) is 3.00. The van der Waals surface area contributed by atoms with Gasteiger partial charge in [-0.05, 0) is 18.2 Å². The molecular formula is C15H9N2O2-. The van der Waals surface area contributed by atoms with Crippen LogP contribution in [0.25, 0.3) is 22.5 Å². The van der Waals surface area contributed by atoms with Crippen LogP contribution >= 0.6 is 0 Å². The number of aromatic nitrogens is 1. The Balaban J connectivity index is 1.70.